The van der Waals surface area contributed by atoms with Crippen molar-refractivity contribution in [2.24, 2.45) is 5.73 Å². The van der Waals surface area contributed by atoms with Crippen LogP contribution >= 0.6 is 12.2 Å². The van der Waals surface area contributed by atoms with Crippen molar-refractivity contribution in [3.05, 3.63) is 35.4 Å². The predicted octanol–water partition coefficient (Wildman–Crippen LogP) is 0.506. The third kappa shape index (κ3) is 5.79. The first-order chi connectivity index (χ1) is 9.52. The minimum absolute atomic E-state index is 0.00377. The molecule has 108 valence electrons. The van der Waals surface area contributed by atoms with Crippen molar-refractivity contribution in [2.45, 2.75) is 19.8 Å². The molecule has 20 heavy (non-hydrogen) atoms. The summed E-state index contributed by atoms with van der Waals surface area (Å²) in [4.78, 5) is 23.3. The van der Waals surface area contributed by atoms with Gasteiger partial charge in [0.15, 0.2) is 0 Å². The molecule has 0 aliphatic carbocycles. The first kappa shape index (κ1) is 16.1. The number of carbonyl (C=O) groups excluding carboxylic acids is 2. The topological polar surface area (TPSA) is 84.2 Å². The fraction of sp³-hybridized carbons (Fsp3) is 0.357. The highest BCUT2D eigenvalue weighted by Crippen LogP contribution is 2.05. The van der Waals surface area contributed by atoms with Gasteiger partial charge in [-0.2, -0.15) is 0 Å². The van der Waals surface area contributed by atoms with Gasteiger partial charge in [0.05, 0.1) is 13.0 Å². The van der Waals surface area contributed by atoms with E-state index in [0.717, 1.165) is 17.5 Å². The van der Waals surface area contributed by atoms with Crippen LogP contribution in [0.2, 0.25) is 0 Å². The van der Waals surface area contributed by atoms with Gasteiger partial charge >= 0.3 is 0 Å². The van der Waals surface area contributed by atoms with Crippen LogP contribution in [0.25, 0.3) is 0 Å². The van der Waals surface area contributed by atoms with Gasteiger partial charge in [0, 0.05) is 12.1 Å². The van der Waals surface area contributed by atoms with Crippen LogP contribution in [0.3, 0.4) is 0 Å². The number of carbonyl (C=O) groups is 2. The minimum atomic E-state index is -0.195. The molecule has 0 fully saturated rings. The molecule has 0 saturated carbocycles. The molecule has 0 aliphatic rings. The van der Waals surface area contributed by atoms with Gasteiger partial charge in [-0.1, -0.05) is 43.4 Å². The SMILES string of the molecule is CCCNC(=O)CNC(=O)Cc1ccc(C(N)=S)cc1. The van der Waals surface area contributed by atoms with Gasteiger partial charge in [-0.05, 0) is 12.0 Å². The van der Waals surface area contributed by atoms with Crippen molar-refractivity contribution in [3.8, 4) is 0 Å². The third-order valence-corrected chi connectivity index (χ3v) is 2.86. The average Bonchev–Trinajstić information content (AvgIpc) is 2.43. The highest BCUT2D eigenvalue weighted by atomic mass is 32.1. The summed E-state index contributed by atoms with van der Waals surface area (Å²) in [6.45, 7) is 2.59. The van der Waals surface area contributed by atoms with E-state index in [1.165, 1.54) is 0 Å². The number of nitrogens with two attached hydrogens (primary N) is 1. The molecule has 2 amide bonds. The molecule has 0 aliphatic heterocycles. The van der Waals surface area contributed by atoms with E-state index in [2.05, 4.69) is 10.6 Å². The van der Waals surface area contributed by atoms with Crippen molar-refractivity contribution in [1.82, 2.24) is 10.6 Å². The van der Waals surface area contributed by atoms with E-state index in [-0.39, 0.29) is 24.8 Å². The van der Waals surface area contributed by atoms with E-state index >= 15 is 0 Å². The maximum Gasteiger partial charge on any atom is 0.239 e. The second-order valence-electron chi connectivity index (χ2n) is 4.36. The number of thiocarbonyl (C=S) groups is 1. The monoisotopic (exact) mass is 293 g/mol. The van der Waals surface area contributed by atoms with Crippen LogP contribution < -0.4 is 16.4 Å². The molecule has 0 radical (unpaired) electrons. The van der Waals surface area contributed by atoms with Crippen LogP contribution in [-0.2, 0) is 16.0 Å². The summed E-state index contributed by atoms with van der Waals surface area (Å²) in [5, 5.41) is 5.27. The Morgan fingerprint density at radius 1 is 1.15 bits per heavy atom. The molecule has 0 atom stereocenters. The summed E-state index contributed by atoms with van der Waals surface area (Å²) in [6.07, 6.45) is 1.09. The normalized spacial score (nSPS) is 9.85. The Labute approximate surface area is 123 Å². The molecule has 0 bridgehead atoms. The highest BCUT2D eigenvalue weighted by Gasteiger charge is 2.06. The molecule has 5 nitrogen and oxygen atoms in total. The molecule has 0 heterocycles. The van der Waals surface area contributed by atoms with Gasteiger partial charge in [-0.3, -0.25) is 9.59 Å². The number of rotatable bonds is 7. The van der Waals surface area contributed by atoms with Crippen LogP contribution in [0, 0.1) is 0 Å². The predicted molar refractivity (Wildman–Crippen MR) is 82.3 cm³/mol. The molecule has 6 heteroatoms. The van der Waals surface area contributed by atoms with E-state index < -0.39 is 0 Å². The molecule has 1 aromatic carbocycles. The van der Waals surface area contributed by atoms with Crippen molar-refractivity contribution in [2.75, 3.05) is 13.1 Å². The lowest BCUT2D eigenvalue weighted by atomic mass is 10.1. The molecule has 1 rings (SSSR count). The molecule has 0 aromatic heterocycles. The van der Waals surface area contributed by atoms with Gasteiger partial charge in [-0.25, -0.2) is 0 Å². The van der Waals surface area contributed by atoms with Gasteiger partial charge in [-0.15, -0.1) is 0 Å². The maximum absolute atomic E-state index is 11.7. The Balaban J connectivity index is 2.38. The summed E-state index contributed by atoms with van der Waals surface area (Å²) in [7, 11) is 0. The van der Waals surface area contributed by atoms with E-state index in [1.807, 2.05) is 6.92 Å². The highest BCUT2D eigenvalue weighted by molar-refractivity contribution is 7.80. The van der Waals surface area contributed by atoms with Gasteiger partial charge < -0.3 is 16.4 Å². The van der Waals surface area contributed by atoms with E-state index in [4.69, 9.17) is 18.0 Å². The first-order valence-electron chi connectivity index (χ1n) is 6.45. The van der Waals surface area contributed by atoms with Gasteiger partial charge in [0.1, 0.15) is 4.99 Å². The quantitative estimate of drug-likeness (QED) is 0.639. The molecule has 0 spiro atoms. The third-order valence-electron chi connectivity index (χ3n) is 2.62. The molecular weight excluding hydrogens is 274 g/mol. The summed E-state index contributed by atoms with van der Waals surface area (Å²) in [5.41, 5.74) is 7.10. The van der Waals surface area contributed by atoms with Crippen molar-refractivity contribution >= 4 is 29.0 Å². The Bertz CT molecular complexity index is 486. The fourth-order valence-corrected chi connectivity index (χ4v) is 1.68. The van der Waals surface area contributed by atoms with Crippen LogP contribution in [0.4, 0.5) is 0 Å². The molecule has 0 saturated heterocycles. The van der Waals surface area contributed by atoms with Crippen LogP contribution in [-0.4, -0.2) is 29.9 Å². The summed E-state index contributed by atoms with van der Waals surface area (Å²) >= 11 is 4.85. The Morgan fingerprint density at radius 2 is 1.80 bits per heavy atom. The molecule has 1 aromatic rings. The summed E-state index contributed by atoms with van der Waals surface area (Å²) in [6, 6.07) is 7.15. The number of hydrogen-bond donors (Lipinski definition) is 3. The summed E-state index contributed by atoms with van der Waals surface area (Å²) in [5.74, 6) is -0.372. The zero-order chi connectivity index (χ0) is 15.0. The van der Waals surface area contributed by atoms with Crippen molar-refractivity contribution < 1.29 is 9.59 Å². The smallest absolute Gasteiger partial charge is 0.239 e. The number of hydrogen-bond acceptors (Lipinski definition) is 3. The lowest BCUT2D eigenvalue weighted by Crippen LogP contribution is -2.37. The zero-order valence-electron chi connectivity index (χ0n) is 11.4. The first-order valence-corrected chi connectivity index (χ1v) is 6.86. The minimum Gasteiger partial charge on any atom is -0.389 e. The van der Waals surface area contributed by atoms with E-state index in [0.29, 0.717) is 11.5 Å². The average molecular weight is 293 g/mol. The lowest BCUT2D eigenvalue weighted by molar-refractivity contribution is -0.125. The number of benzene rings is 1. The summed E-state index contributed by atoms with van der Waals surface area (Å²) < 4.78 is 0. The van der Waals surface area contributed by atoms with Gasteiger partial charge in [0.25, 0.3) is 0 Å². The second-order valence-corrected chi connectivity index (χ2v) is 4.80. The maximum atomic E-state index is 11.7. The molecule has 0 unspecified atom stereocenters. The number of amides is 2. The van der Waals surface area contributed by atoms with Crippen LogP contribution in [0.5, 0.6) is 0 Å². The largest absolute Gasteiger partial charge is 0.389 e. The van der Waals surface area contributed by atoms with Gasteiger partial charge in [0.2, 0.25) is 11.8 Å². The molecular formula is C14H19N3O2S. The van der Waals surface area contributed by atoms with Crippen molar-refractivity contribution in [3.63, 3.8) is 0 Å². The van der Waals surface area contributed by atoms with Crippen LogP contribution in [0.15, 0.2) is 24.3 Å². The standard InChI is InChI=1S/C14H19N3O2S/c1-2-7-16-13(19)9-17-12(18)8-10-3-5-11(6-4-10)14(15)20/h3-6H,2,7-9H2,1H3,(H2,15,20)(H,16,19)(H,17,18). The molecule has 4 N–H and O–H groups in total. The Kier molecular flexibility index (Phi) is 6.66. The lowest BCUT2D eigenvalue weighted by Gasteiger charge is -2.06. The fourth-order valence-electron chi connectivity index (χ4n) is 1.54. The van der Waals surface area contributed by atoms with Crippen LogP contribution in [0.1, 0.15) is 24.5 Å². The van der Waals surface area contributed by atoms with E-state index in [9.17, 15) is 9.59 Å². The Morgan fingerprint density at radius 3 is 2.35 bits per heavy atom. The zero-order valence-corrected chi connectivity index (χ0v) is 12.3. The second kappa shape index (κ2) is 8.27. The number of nitrogens with one attached hydrogen (secondary N) is 2. The van der Waals surface area contributed by atoms with Crippen molar-refractivity contribution in [1.29, 1.82) is 0 Å². The van der Waals surface area contributed by atoms with E-state index in [1.54, 1.807) is 24.3 Å². The Hall–Kier alpha value is -1.95.